The van der Waals surface area contributed by atoms with E-state index >= 15 is 0 Å². The molecule has 0 amide bonds. The van der Waals surface area contributed by atoms with E-state index in [9.17, 15) is 13.2 Å². The van der Waals surface area contributed by atoms with Crippen LogP contribution in [0.15, 0.2) is 34.8 Å². The van der Waals surface area contributed by atoms with Crippen molar-refractivity contribution >= 4 is 27.3 Å². The summed E-state index contributed by atoms with van der Waals surface area (Å²) in [4.78, 5) is 0. The molecule has 0 saturated carbocycles. The highest BCUT2D eigenvalue weighted by atomic mass is 79.9. The van der Waals surface area contributed by atoms with Crippen molar-refractivity contribution in [1.82, 2.24) is 0 Å². The quantitative estimate of drug-likeness (QED) is 0.883. The average Bonchev–Trinajstić information content (AvgIpc) is 2.37. The van der Waals surface area contributed by atoms with Crippen molar-refractivity contribution in [3.63, 3.8) is 0 Å². The Bertz CT molecular complexity index is 657. The number of hydrogen-bond donors (Lipinski definition) is 1. The third-order valence-corrected chi connectivity index (χ3v) is 2.85. The van der Waals surface area contributed by atoms with Gasteiger partial charge in [0.05, 0.1) is 17.3 Å². The summed E-state index contributed by atoms with van der Waals surface area (Å²) < 4.78 is 41.3. The zero-order valence-corrected chi connectivity index (χ0v) is 10.9. The van der Waals surface area contributed by atoms with Gasteiger partial charge < -0.3 is 5.32 Å². The number of nitrogens with zero attached hydrogens (tertiary/aromatic N) is 1. The van der Waals surface area contributed by atoms with Crippen LogP contribution in [0.2, 0.25) is 0 Å². The molecule has 0 radical (unpaired) electrons. The van der Waals surface area contributed by atoms with Gasteiger partial charge in [-0.15, -0.1) is 0 Å². The van der Waals surface area contributed by atoms with E-state index in [0.29, 0.717) is 4.47 Å². The van der Waals surface area contributed by atoms with Gasteiger partial charge in [0.15, 0.2) is 11.6 Å². The van der Waals surface area contributed by atoms with Gasteiger partial charge in [-0.3, -0.25) is 0 Å². The lowest BCUT2D eigenvalue weighted by Gasteiger charge is -2.10. The molecular formula is C13H6BrF3N2. The summed E-state index contributed by atoms with van der Waals surface area (Å²) >= 11 is 3.13. The van der Waals surface area contributed by atoms with Gasteiger partial charge in [0.25, 0.3) is 0 Å². The van der Waals surface area contributed by atoms with Gasteiger partial charge in [-0.1, -0.05) is 15.9 Å². The van der Waals surface area contributed by atoms with Gasteiger partial charge in [0.1, 0.15) is 11.5 Å². The largest absolute Gasteiger partial charge is 0.348 e. The van der Waals surface area contributed by atoms with E-state index in [-0.39, 0.29) is 11.3 Å². The first kappa shape index (κ1) is 13.4. The summed E-state index contributed by atoms with van der Waals surface area (Å²) in [7, 11) is 0. The Hall–Kier alpha value is -2.00. The van der Waals surface area contributed by atoms with Gasteiger partial charge in [-0.05, 0) is 30.3 Å². The van der Waals surface area contributed by atoms with Crippen LogP contribution in [0.1, 0.15) is 5.56 Å². The van der Waals surface area contributed by atoms with E-state index < -0.39 is 23.1 Å². The van der Waals surface area contributed by atoms with Crippen LogP contribution in [0.3, 0.4) is 0 Å². The molecule has 2 aromatic rings. The number of hydrogen-bond acceptors (Lipinski definition) is 2. The Balaban J connectivity index is 2.44. The van der Waals surface area contributed by atoms with Crippen LogP contribution in [-0.4, -0.2) is 0 Å². The van der Waals surface area contributed by atoms with Gasteiger partial charge in [-0.25, -0.2) is 13.2 Å². The highest BCUT2D eigenvalue weighted by molar-refractivity contribution is 9.10. The summed E-state index contributed by atoms with van der Waals surface area (Å²) in [5.41, 5.74) is -0.719. The predicted octanol–water partition coefficient (Wildman–Crippen LogP) is 4.48. The molecule has 0 fully saturated rings. The van der Waals surface area contributed by atoms with Crippen molar-refractivity contribution in [2.75, 3.05) is 5.32 Å². The molecule has 19 heavy (non-hydrogen) atoms. The topological polar surface area (TPSA) is 35.8 Å². The number of nitriles is 1. The van der Waals surface area contributed by atoms with Gasteiger partial charge in [0.2, 0.25) is 0 Å². The van der Waals surface area contributed by atoms with Gasteiger partial charge in [0, 0.05) is 4.47 Å². The maximum atomic E-state index is 13.6. The molecule has 6 heteroatoms. The molecule has 96 valence electrons. The van der Waals surface area contributed by atoms with Crippen LogP contribution >= 0.6 is 15.9 Å². The summed E-state index contributed by atoms with van der Waals surface area (Å²) in [6.45, 7) is 0. The lowest BCUT2D eigenvalue weighted by molar-refractivity contribution is 0.588. The average molecular weight is 327 g/mol. The standard InChI is InChI=1S/C13H6BrF3N2/c14-8-1-2-9(15)12(5-8)19-13-10(16)3-7(6-18)4-11(13)17/h1-5,19H. The second-order valence-electron chi connectivity index (χ2n) is 3.68. The highest BCUT2D eigenvalue weighted by Gasteiger charge is 2.13. The van der Waals surface area contributed by atoms with E-state index in [1.807, 2.05) is 0 Å². The van der Waals surface area contributed by atoms with Crippen LogP contribution in [0.4, 0.5) is 24.5 Å². The number of halogens is 4. The first-order valence-corrected chi connectivity index (χ1v) is 5.92. The minimum atomic E-state index is -0.962. The van der Waals surface area contributed by atoms with Crippen molar-refractivity contribution in [3.8, 4) is 6.07 Å². The number of benzene rings is 2. The molecule has 0 aliphatic rings. The third-order valence-electron chi connectivity index (χ3n) is 2.36. The number of rotatable bonds is 2. The molecule has 2 nitrogen and oxygen atoms in total. The molecule has 2 aromatic carbocycles. The molecular weight excluding hydrogens is 321 g/mol. The predicted molar refractivity (Wildman–Crippen MR) is 68.5 cm³/mol. The monoisotopic (exact) mass is 326 g/mol. The summed E-state index contributed by atoms with van der Waals surface area (Å²) in [6.07, 6.45) is 0. The van der Waals surface area contributed by atoms with E-state index in [0.717, 1.165) is 18.2 Å². The minimum absolute atomic E-state index is 0.0723. The van der Waals surface area contributed by atoms with Gasteiger partial charge >= 0.3 is 0 Å². The van der Waals surface area contributed by atoms with Crippen LogP contribution < -0.4 is 5.32 Å². The Morgan fingerprint density at radius 1 is 1.00 bits per heavy atom. The SMILES string of the molecule is N#Cc1cc(F)c(Nc2cc(Br)ccc2F)c(F)c1. The molecule has 0 aliphatic carbocycles. The fourth-order valence-electron chi connectivity index (χ4n) is 1.49. The van der Waals surface area contributed by atoms with E-state index in [4.69, 9.17) is 5.26 Å². The molecule has 0 bridgehead atoms. The van der Waals surface area contributed by atoms with E-state index in [1.54, 1.807) is 6.07 Å². The molecule has 0 spiro atoms. The fourth-order valence-corrected chi connectivity index (χ4v) is 1.85. The van der Waals surface area contributed by atoms with Crippen LogP contribution in [0.5, 0.6) is 0 Å². The summed E-state index contributed by atoms with van der Waals surface area (Å²) in [6, 6.07) is 7.36. The summed E-state index contributed by atoms with van der Waals surface area (Å²) in [5.74, 6) is -2.57. The first-order chi connectivity index (χ1) is 9.01. The fraction of sp³-hybridized carbons (Fsp3) is 0. The third kappa shape index (κ3) is 2.88. The van der Waals surface area contributed by atoms with Crippen molar-refractivity contribution in [3.05, 3.63) is 57.8 Å². The molecule has 0 unspecified atom stereocenters. The second-order valence-corrected chi connectivity index (χ2v) is 4.59. The van der Waals surface area contributed by atoms with Gasteiger partial charge in [-0.2, -0.15) is 5.26 Å². The molecule has 0 heterocycles. The van der Waals surface area contributed by atoms with Crippen molar-refractivity contribution in [1.29, 1.82) is 5.26 Å². The van der Waals surface area contributed by atoms with Crippen molar-refractivity contribution in [2.24, 2.45) is 0 Å². The molecule has 0 aliphatic heterocycles. The zero-order valence-electron chi connectivity index (χ0n) is 9.35. The highest BCUT2D eigenvalue weighted by Crippen LogP contribution is 2.28. The molecule has 2 rings (SSSR count). The van der Waals surface area contributed by atoms with Crippen LogP contribution in [-0.2, 0) is 0 Å². The molecule has 0 aromatic heterocycles. The maximum Gasteiger partial charge on any atom is 0.150 e. The normalized spacial score (nSPS) is 10.1. The molecule has 1 N–H and O–H groups in total. The Morgan fingerprint density at radius 3 is 2.21 bits per heavy atom. The first-order valence-electron chi connectivity index (χ1n) is 5.12. The number of anilines is 2. The maximum absolute atomic E-state index is 13.6. The Morgan fingerprint density at radius 2 is 1.63 bits per heavy atom. The minimum Gasteiger partial charge on any atom is -0.348 e. The second kappa shape index (κ2) is 5.33. The van der Waals surface area contributed by atoms with E-state index in [1.165, 1.54) is 12.1 Å². The summed E-state index contributed by atoms with van der Waals surface area (Å²) in [5, 5.41) is 10.9. The molecule has 0 saturated heterocycles. The number of nitrogens with one attached hydrogen (secondary N) is 1. The smallest absolute Gasteiger partial charge is 0.150 e. The van der Waals surface area contributed by atoms with Crippen LogP contribution in [0.25, 0.3) is 0 Å². The zero-order chi connectivity index (χ0) is 14.0. The Labute approximate surface area is 115 Å². The van der Waals surface area contributed by atoms with Crippen molar-refractivity contribution in [2.45, 2.75) is 0 Å². The lowest BCUT2D eigenvalue weighted by atomic mass is 10.2. The van der Waals surface area contributed by atoms with Crippen LogP contribution in [0, 0.1) is 28.8 Å². The molecule has 0 atom stereocenters. The van der Waals surface area contributed by atoms with E-state index in [2.05, 4.69) is 21.2 Å². The van der Waals surface area contributed by atoms with Crippen molar-refractivity contribution < 1.29 is 13.2 Å². The lowest BCUT2D eigenvalue weighted by Crippen LogP contribution is -2.00. The Kier molecular flexibility index (Phi) is 3.76.